The van der Waals surface area contributed by atoms with Crippen molar-refractivity contribution < 1.29 is 29.6 Å². The number of rotatable bonds is 16. The molecular weight excluding hydrogens is 374 g/mol. The second kappa shape index (κ2) is 16.0. The molecule has 5 atom stereocenters. The van der Waals surface area contributed by atoms with Crippen LogP contribution < -0.4 is 5.73 Å². The van der Waals surface area contributed by atoms with Gasteiger partial charge in [0.15, 0.2) is 6.29 Å². The zero-order chi connectivity index (χ0) is 21.5. The van der Waals surface area contributed by atoms with Crippen molar-refractivity contribution in [2.24, 2.45) is 5.73 Å². The number of ether oxygens (including phenoxy) is 2. The molecule has 5 unspecified atom stereocenters. The van der Waals surface area contributed by atoms with Gasteiger partial charge in [-0.2, -0.15) is 0 Å². The minimum absolute atomic E-state index is 0.209. The molecule has 0 aromatic rings. The van der Waals surface area contributed by atoms with Crippen LogP contribution in [-0.4, -0.2) is 58.5 Å². The van der Waals surface area contributed by atoms with Crippen molar-refractivity contribution in [3.8, 4) is 0 Å². The van der Waals surface area contributed by atoms with E-state index in [1.54, 1.807) is 0 Å². The molecular formula is C22H43NO6. The summed E-state index contributed by atoms with van der Waals surface area (Å²) in [6, 6.07) is -1.08. The van der Waals surface area contributed by atoms with Crippen LogP contribution in [-0.2, 0) is 14.3 Å². The Labute approximate surface area is 176 Å². The van der Waals surface area contributed by atoms with Crippen molar-refractivity contribution in [1.29, 1.82) is 0 Å². The first-order chi connectivity index (χ1) is 14.0. The number of aliphatic hydroxyl groups excluding tert-OH is 3. The van der Waals surface area contributed by atoms with Gasteiger partial charge < -0.3 is 30.5 Å². The number of carbonyl (C=O) groups is 1. The van der Waals surface area contributed by atoms with E-state index in [2.05, 4.69) is 6.92 Å². The molecule has 0 bridgehead atoms. The summed E-state index contributed by atoms with van der Waals surface area (Å²) in [5.41, 5.74) is 5.50. The molecule has 1 aliphatic heterocycles. The summed E-state index contributed by atoms with van der Waals surface area (Å²) in [6.07, 6.45) is 11.5. The number of hydrogen-bond donors (Lipinski definition) is 4. The molecule has 0 aromatic heterocycles. The van der Waals surface area contributed by atoms with Crippen molar-refractivity contribution >= 4 is 5.97 Å². The molecule has 1 saturated heterocycles. The van der Waals surface area contributed by atoms with Crippen LogP contribution in [0.1, 0.15) is 96.8 Å². The van der Waals surface area contributed by atoms with E-state index >= 15 is 0 Å². The summed E-state index contributed by atoms with van der Waals surface area (Å²) < 4.78 is 10.2. The Hall–Kier alpha value is -0.730. The van der Waals surface area contributed by atoms with E-state index in [9.17, 15) is 20.1 Å². The van der Waals surface area contributed by atoms with Gasteiger partial charge in [0.05, 0.1) is 6.04 Å². The van der Waals surface area contributed by atoms with Crippen LogP contribution in [0.5, 0.6) is 0 Å². The Balaban J connectivity index is 1.93. The molecule has 1 rings (SSSR count). The summed E-state index contributed by atoms with van der Waals surface area (Å²) in [4.78, 5) is 11.8. The van der Waals surface area contributed by atoms with Gasteiger partial charge in [0.2, 0.25) is 0 Å². The van der Waals surface area contributed by atoms with Gasteiger partial charge >= 0.3 is 5.97 Å². The monoisotopic (exact) mass is 417 g/mol. The van der Waals surface area contributed by atoms with E-state index in [4.69, 9.17) is 15.2 Å². The Bertz CT molecular complexity index is 422. The Morgan fingerprint density at radius 3 is 1.83 bits per heavy atom. The van der Waals surface area contributed by atoms with Crippen molar-refractivity contribution in [2.75, 3.05) is 6.61 Å². The number of aliphatic hydroxyl groups is 3. The van der Waals surface area contributed by atoms with Crippen molar-refractivity contribution in [2.45, 2.75) is 127 Å². The second-order valence-electron chi connectivity index (χ2n) is 8.30. The van der Waals surface area contributed by atoms with Crippen LogP contribution in [0.15, 0.2) is 0 Å². The Morgan fingerprint density at radius 1 is 0.828 bits per heavy atom. The average Bonchev–Trinajstić information content (AvgIpc) is 2.71. The minimum Gasteiger partial charge on any atom is -0.463 e. The standard InChI is InChI=1S/C22H43NO6/c1-2-3-4-5-6-7-8-9-10-11-12-13-14-15-18(24)28-16-17-20(25)21(26)19(23)22(27)29-17/h17,19-22,25-27H,2-16,23H2,1H3. The maximum Gasteiger partial charge on any atom is 0.305 e. The molecule has 5 N–H and O–H groups in total. The predicted molar refractivity (Wildman–Crippen MR) is 112 cm³/mol. The lowest BCUT2D eigenvalue weighted by Gasteiger charge is -2.38. The minimum atomic E-state index is -1.39. The van der Waals surface area contributed by atoms with Gasteiger partial charge in [0.1, 0.15) is 24.9 Å². The number of nitrogens with two attached hydrogens (primary N) is 1. The van der Waals surface area contributed by atoms with Crippen LogP contribution >= 0.6 is 0 Å². The third-order valence-electron chi connectivity index (χ3n) is 5.66. The lowest BCUT2D eigenvalue weighted by molar-refractivity contribution is -0.251. The van der Waals surface area contributed by atoms with Gasteiger partial charge in [-0.3, -0.25) is 4.79 Å². The first kappa shape index (κ1) is 26.3. The molecule has 0 spiro atoms. The van der Waals surface area contributed by atoms with E-state index in [1.165, 1.54) is 64.2 Å². The maximum atomic E-state index is 11.8. The summed E-state index contributed by atoms with van der Waals surface area (Å²) in [7, 11) is 0. The van der Waals surface area contributed by atoms with Gasteiger partial charge in [-0.1, -0.05) is 84.0 Å². The summed E-state index contributed by atoms with van der Waals surface area (Å²) >= 11 is 0. The molecule has 0 saturated carbocycles. The fourth-order valence-corrected chi connectivity index (χ4v) is 3.64. The van der Waals surface area contributed by atoms with E-state index in [0.717, 1.165) is 19.3 Å². The van der Waals surface area contributed by atoms with Crippen LogP contribution in [0.2, 0.25) is 0 Å². The van der Waals surface area contributed by atoms with E-state index in [0.29, 0.717) is 6.42 Å². The second-order valence-corrected chi connectivity index (χ2v) is 8.30. The number of unbranched alkanes of at least 4 members (excludes halogenated alkanes) is 12. The number of carbonyl (C=O) groups excluding carboxylic acids is 1. The molecule has 1 aliphatic rings. The van der Waals surface area contributed by atoms with Gasteiger partial charge in [-0.05, 0) is 6.42 Å². The first-order valence-corrected chi connectivity index (χ1v) is 11.6. The SMILES string of the molecule is CCCCCCCCCCCCCCCC(=O)OCC1OC(O)C(N)C(O)C1O. The Kier molecular flexibility index (Phi) is 14.5. The van der Waals surface area contributed by atoms with E-state index in [-0.39, 0.29) is 12.6 Å². The molecule has 0 aliphatic carbocycles. The highest BCUT2D eigenvalue weighted by Gasteiger charge is 2.42. The first-order valence-electron chi connectivity index (χ1n) is 11.6. The highest BCUT2D eigenvalue weighted by molar-refractivity contribution is 5.69. The van der Waals surface area contributed by atoms with E-state index < -0.39 is 30.6 Å². The van der Waals surface area contributed by atoms with E-state index in [1.807, 2.05) is 0 Å². The van der Waals surface area contributed by atoms with Gasteiger partial charge in [0, 0.05) is 6.42 Å². The molecule has 1 heterocycles. The molecule has 1 fully saturated rings. The summed E-state index contributed by atoms with van der Waals surface area (Å²) in [5, 5.41) is 29.2. The highest BCUT2D eigenvalue weighted by atomic mass is 16.6. The maximum absolute atomic E-state index is 11.8. The lowest BCUT2D eigenvalue weighted by atomic mass is 9.98. The fraction of sp³-hybridized carbons (Fsp3) is 0.955. The third kappa shape index (κ3) is 11.3. The molecule has 7 heteroatoms. The van der Waals surface area contributed by atoms with Crippen LogP contribution in [0, 0.1) is 0 Å². The van der Waals surface area contributed by atoms with Crippen molar-refractivity contribution in [3.05, 3.63) is 0 Å². The molecule has 0 amide bonds. The molecule has 29 heavy (non-hydrogen) atoms. The highest BCUT2D eigenvalue weighted by Crippen LogP contribution is 2.19. The van der Waals surface area contributed by atoms with Gasteiger partial charge in [-0.15, -0.1) is 0 Å². The van der Waals surface area contributed by atoms with Crippen molar-refractivity contribution in [3.63, 3.8) is 0 Å². The van der Waals surface area contributed by atoms with Gasteiger partial charge in [0.25, 0.3) is 0 Å². The third-order valence-corrected chi connectivity index (χ3v) is 5.66. The molecule has 0 aromatic carbocycles. The molecule has 7 nitrogen and oxygen atoms in total. The molecule has 172 valence electrons. The Morgan fingerprint density at radius 2 is 1.31 bits per heavy atom. The fourth-order valence-electron chi connectivity index (χ4n) is 3.64. The average molecular weight is 418 g/mol. The van der Waals surface area contributed by atoms with Crippen LogP contribution in [0.3, 0.4) is 0 Å². The normalized spacial score (nSPS) is 27.1. The van der Waals surface area contributed by atoms with Crippen LogP contribution in [0.4, 0.5) is 0 Å². The summed E-state index contributed by atoms with van der Waals surface area (Å²) in [6.45, 7) is 2.04. The topological polar surface area (TPSA) is 122 Å². The van der Waals surface area contributed by atoms with Gasteiger partial charge in [-0.25, -0.2) is 0 Å². The smallest absolute Gasteiger partial charge is 0.305 e. The summed E-state index contributed by atoms with van der Waals surface area (Å²) in [5.74, 6) is -0.359. The molecule has 0 radical (unpaired) electrons. The number of esters is 1. The van der Waals surface area contributed by atoms with Crippen LogP contribution in [0.25, 0.3) is 0 Å². The largest absolute Gasteiger partial charge is 0.463 e. The lowest BCUT2D eigenvalue weighted by Crippen LogP contribution is -2.62. The number of hydrogen-bond acceptors (Lipinski definition) is 7. The zero-order valence-electron chi connectivity index (χ0n) is 18.1. The zero-order valence-corrected chi connectivity index (χ0v) is 18.1. The predicted octanol–water partition coefficient (Wildman–Crippen LogP) is 2.78. The van der Waals surface area contributed by atoms with Crippen molar-refractivity contribution in [1.82, 2.24) is 0 Å². The quantitative estimate of drug-likeness (QED) is 0.225.